The predicted octanol–water partition coefficient (Wildman–Crippen LogP) is 5.05. The first-order chi connectivity index (χ1) is 14.4. The number of carbonyl (C=O) groups excluding carboxylic acids is 1. The van der Waals surface area contributed by atoms with E-state index in [1.165, 1.54) is 7.11 Å². The highest BCUT2D eigenvalue weighted by molar-refractivity contribution is 9.10. The molecule has 3 rings (SSSR count). The summed E-state index contributed by atoms with van der Waals surface area (Å²) in [6.07, 6.45) is 0. The lowest BCUT2D eigenvalue weighted by molar-refractivity contribution is -0.136. The van der Waals surface area contributed by atoms with Gasteiger partial charge in [-0.2, -0.15) is 0 Å². The molecule has 2 aromatic carbocycles. The van der Waals surface area contributed by atoms with Gasteiger partial charge in [0.1, 0.15) is 0 Å². The van der Waals surface area contributed by atoms with Crippen LogP contribution in [0.1, 0.15) is 37.9 Å². The molecule has 0 radical (unpaired) electrons. The number of benzene rings is 2. The fraction of sp³-hybridized carbons (Fsp3) is 0.333. The number of esters is 1. The number of carbonyl (C=O) groups is 1. The van der Waals surface area contributed by atoms with Crippen molar-refractivity contribution < 1.29 is 9.53 Å². The fourth-order valence-corrected chi connectivity index (χ4v) is 3.70. The summed E-state index contributed by atoms with van der Waals surface area (Å²) in [4.78, 5) is 19.7. The molecule has 158 valence electrons. The number of nitrogens with zero attached hydrogens (tertiary/aromatic N) is 2. The summed E-state index contributed by atoms with van der Waals surface area (Å²) in [5.41, 5.74) is 3.57. The van der Waals surface area contributed by atoms with E-state index in [2.05, 4.69) is 52.1 Å². The van der Waals surface area contributed by atoms with Crippen LogP contribution in [0.3, 0.4) is 0 Å². The zero-order chi connectivity index (χ0) is 21.7. The molecule has 0 bridgehead atoms. The molecule has 5 nitrogen and oxygen atoms in total. The van der Waals surface area contributed by atoms with E-state index in [0.29, 0.717) is 24.6 Å². The van der Waals surface area contributed by atoms with Crippen LogP contribution in [0.5, 0.6) is 0 Å². The molecule has 1 heterocycles. The highest BCUT2D eigenvalue weighted by atomic mass is 79.9. The third kappa shape index (κ3) is 5.11. The largest absolute Gasteiger partial charge is 0.466 e. The van der Waals surface area contributed by atoms with E-state index in [9.17, 15) is 4.79 Å². The Bertz CT molecular complexity index is 937. The summed E-state index contributed by atoms with van der Waals surface area (Å²) < 4.78 is 6.14. The fourth-order valence-electron chi connectivity index (χ4n) is 3.43. The van der Waals surface area contributed by atoms with Crippen LogP contribution in [0, 0.1) is 5.92 Å². The second-order valence-electron chi connectivity index (χ2n) is 7.75. The van der Waals surface area contributed by atoms with Crippen LogP contribution in [-0.2, 0) is 16.1 Å². The van der Waals surface area contributed by atoms with E-state index < -0.39 is 0 Å². The number of aliphatic imine (C=N–C) groups is 1. The summed E-state index contributed by atoms with van der Waals surface area (Å²) in [5.74, 6) is 0.856. The minimum atomic E-state index is -0.339. The molecule has 0 saturated heterocycles. The monoisotopic (exact) mass is 469 g/mol. The van der Waals surface area contributed by atoms with Gasteiger partial charge in [0.15, 0.2) is 5.96 Å². The van der Waals surface area contributed by atoms with Crippen LogP contribution in [0.15, 0.2) is 75.3 Å². The van der Waals surface area contributed by atoms with E-state index >= 15 is 0 Å². The summed E-state index contributed by atoms with van der Waals surface area (Å²) in [6.45, 7) is 7.56. The Morgan fingerprint density at radius 3 is 2.43 bits per heavy atom. The first kappa shape index (κ1) is 22.1. The lowest BCUT2D eigenvalue weighted by Crippen LogP contribution is -2.48. The Hall–Kier alpha value is -2.60. The standard InChI is InChI=1S/C24H28BrN3O2/c1-16(2)14-26-24-27-22(19-10-12-20(25)13-11-19)21(23(29)30-4)17(3)28(24)15-18-8-6-5-7-9-18/h5-13,16,22H,14-15H2,1-4H3,(H,26,27)/t22-/m0/s1. The van der Waals surface area contributed by atoms with Crippen molar-refractivity contribution in [2.24, 2.45) is 10.9 Å². The molecule has 0 unspecified atom stereocenters. The number of hydrogen-bond donors (Lipinski definition) is 1. The molecule has 0 amide bonds. The molecule has 2 aromatic rings. The number of methoxy groups -OCH3 is 1. The molecular weight excluding hydrogens is 442 g/mol. The Morgan fingerprint density at radius 1 is 1.17 bits per heavy atom. The highest BCUT2D eigenvalue weighted by Gasteiger charge is 2.35. The Balaban J connectivity index is 2.10. The Morgan fingerprint density at radius 2 is 1.83 bits per heavy atom. The number of nitrogens with one attached hydrogen (secondary N) is 1. The van der Waals surface area contributed by atoms with Crippen molar-refractivity contribution in [3.8, 4) is 0 Å². The predicted molar refractivity (Wildman–Crippen MR) is 124 cm³/mol. The van der Waals surface area contributed by atoms with Crippen LogP contribution in [0.4, 0.5) is 0 Å². The van der Waals surface area contributed by atoms with Crippen molar-refractivity contribution in [1.82, 2.24) is 10.2 Å². The molecule has 0 aliphatic carbocycles. The quantitative estimate of drug-likeness (QED) is 0.601. The van der Waals surface area contributed by atoms with Gasteiger partial charge in [-0.05, 0) is 36.1 Å². The van der Waals surface area contributed by atoms with Crippen molar-refractivity contribution in [1.29, 1.82) is 0 Å². The molecule has 6 heteroatoms. The second-order valence-corrected chi connectivity index (χ2v) is 8.67. The normalized spacial score (nSPS) is 18.0. The number of halogens is 1. The van der Waals surface area contributed by atoms with Gasteiger partial charge in [-0.3, -0.25) is 4.99 Å². The van der Waals surface area contributed by atoms with Gasteiger partial charge in [-0.15, -0.1) is 0 Å². The van der Waals surface area contributed by atoms with Gasteiger partial charge in [0.2, 0.25) is 0 Å². The summed E-state index contributed by atoms with van der Waals surface area (Å²) in [5, 5.41) is 3.51. The lowest BCUT2D eigenvalue weighted by Gasteiger charge is -2.38. The average molecular weight is 470 g/mol. The minimum Gasteiger partial charge on any atom is -0.466 e. The van der Waals surface area contributed by atoms with Crippen LogP contribution in [0.25, 0.3) is 0 Å². The summed E-state index contributed by atoms with van der Waals surface area (Å²) in [6, 6.07) is 17.8. The first-order valence-corrected chi connectivity index (χ1v) is 10.9. The van der Waals surface area contributed by atoms with Crippen LogP contribution < -0.4 is 5.32 Å². The molecule has 0 saturated carbocycles. The zero-order valence-corrected chi connectivity index (χ0v) is 19.4. The topological polar surface area (TPSA) is 53.9 Å². The number of rotatable bonds is 6. The van der Waals surface area contributed by atoms with Gasteiger partial charge in [-0.25, -0.2) is 4.79 Å². The van der Waals surface area contributed by atoms with Crippen molar-refractivity contribution in [2.75, 3.05) is 13.7 Å². The zero-order valence-electron chi connectivity index (χ0n) is 17.9. The smallest absolute Gasteiger partial charge is 0.337 e. The van der Waals surface area contributed by atoms with Gasteiger partial charge < -0.3 is 15.0 Å². The maximum atomic E-state index is 12.8. The van der Waals surface area contributed by atoms with E-state index in [1.807, 2.05) is 49.4 Å². The average Bonchev–Trinajstić information content (AvgIpc) is 2.74. The first-order valence-electron chi connectivity index (χ1n) is 10.1. The number of ether oxygens (including phenoxy) is 1. The van der Waals surface area contributed by atoms with Gasteiger partial charge in [0.25, 0.3) is 0 Å². The number of guanidine groups is 1. The number of allylic oxidation sites excluding steroid dienone is 1. The van der Waals surface area contributed by atoms with Crippen LogP contribution in [-0.4, -0.2) is 30.5 Å². The maximum Gasteiger partial charge on any atom is 0.337 e. The van der Waals surface area contributed by atoms with E-state index in [-0.39, 0.29) is 12.0 Å². The molecule has 30 heavy (non-hydrogen) atoms. The molecular formula is C24H28BrN3O2. The highest BCUT2D eigenvalue weighted by Crippen LogP contribution is 2.32. The molecule has 0 aromatic heterocycles. The molecule has 1 N–H and O–H groups in total. The van der Waals surface area contributed by atoms with E-state index in [0.717, 1.165) is 27.3 Å². The molecule has 0 fully saturated rings. The number of hydrogen-bond acceptors (Lipinski definition) is 3. The van der Waals surface area contributed by atoms with Crippen molar-refractivity contribution in [3.05, 3.63) is 81.5 Å². The van der Waals surface area contributed by atoms with Crippen LogP contribution in [0.2, 0.25) is 0 Å². The van der Waals surface area contributed by atoms with Crippen molar-refractivity contribution in [3.63, 3.8) is 0 Å². The molecule has 1 atom stereocenters. The minimum absolute atomic E-state index is 0.330. The van der Waals surface area contributed by atoms with Crippen molar-refractivity contribution in [2.45, 2.75) is 33.4 Å². The van der Waals surface area contributed by atoms with E-state index in [4.69, 9.17) is 9.73 Å². The molecule has 1 aliphatic heterocycles. The summed E-state index contributed by atoms with van der Waals surface area (Å²) in [7, 11) is 1.42. The van der Waals surface area contributed by atoms with Gasteiger partial charge in [0, 0.05) is 16.7 Å². The second kappa shape index (κ2) is 9.94. The Kier molecular flexibility index (Phi) is 7.32. The van der Waals surface area contributed by atoms with Gasteiger partial charge in [0.05, 0.1) is 25.3 Å². The summed E-state index contributed by atoms with van der Waals surface area (Å²) >= 11 is 3.48. The van der Waals surface area contributed by atoms with E-state index in [1.54, 1.807) is 0 Å². The SMILES string of the molecule is COC(=O)C1=C(C)N(Cc2ccccc2)C(=NCC(C)C)N[C@H]1c1ccc(Br)cc1. The maximum absolute atomic E-state index is 12.8. The van der Waals surface area contributed by atoms with Crippen LogP contribution >= 0.6 is 15.9 Å². The van der Waals surface area contributed by atoms with Gasteiger partial charge >= 0.3 is 5.97 Å². The third-order valence-electron chi connectivity index (χ3n) is 5.01. The lowest BCUT2D eigenvalue weighted by atomic mass is 9.94. The molecule has 1 aliphatic rings. The molecule has 0 spiro atoms. The van der Waals surface area contributed by atoms with Gasteiger partial charge in [-0.1, -0.05) is 72.2 Å². The van der Waals surface area contributed by atoms with Crippen molar-refractivity contribution >= 4 is 27.9 Å². The third-order valence-corrected chi connectivity index (χ3v) is 5.54. The Labute approximate surface area is 187 Å².